The predicted octanol–water partition coefficient (Wildman–Crippen LogP) is 3.56. The maximum atomic E-state index is 12.8. The quantitative estimate of drug-likeness (QED) is 0.556. The van der Waals surface area contributed by atoms with Gasteiger partial charge in [0.2, 0.25) is 0 Å². The molecule has 0 aliphatic carbocycles. The Hall–Kier alpha value is -0.0700. The molecule has 1 atom stereocenters. The molecule has 0 aromatic rings. The summed E-state index contributed by atoms with van der Waals surface area (Å²) in [5, 5.41) is 0. The van der Waals surface area contributed by atoms with Gasteiger partial charge in [-0.2, -0.15) is 0 Å². The van der Waals surface area contributed by atoms with Gasteiger partial charge < -0.3 is 0 Å². The average molecular weight is 146 g/mol. The number of halogens is 1. The highest BCUT2D eigenvalue weighted by Gasteiger charge is 2.05. The number of hydrogen-bond donors (Lipinski definition) is 0. The van der Waals surface area contributed by atoms with Crippen molar-refractivity contribution in [3.05, 3.63) is 0 Å². The fourth-order valence-electron chi connectivity index (χ4n) is 0.972. The molecule has 10 heavy (non-hydrogen) atoms. The van der Waals surface area contributed by atoms with E-state index >= 15 is 0 Å². The van der Waals surface area contributed by atoms with Gasteiger partial charge in [0.15, 0.2) is 0 Å². The molecule has 62 valence electrons. The summed E-state index contributed by atoms with van der Waals surface area (Å²) in [6.07, 6.45) is 2.95. The third kappa shape index (κ3) is 6.06. The van der Waals surface area contributed by atoms with Crippen LogP contribution in [0.2, 0.25) is 0 Å². The normalized spacial score (nSPS) is 14.1. The summed E-state index contributed by atoms with van der Waals surface area (Å²) in [4.78, 5) is 0. The summed E-state index contributed by atoms with van der Waals surface area (Å²) < 4.78 is 12.8. The van der Waals surface area contributed by atoms with Gasteiger partial charge in [0.05, 0.1) is 0 Å². The molecule has 1 heteroatoms. The molecular weight excluding hydrogens is 127 g/mol. The van der Waals surface area contributed by atoms with Crippen LogP contribution in [0, 0.1) is 5.92 Å². The lowest BCUT2D eigenvalue weighted by atomic mass is 10.0. The smallest absolute Gasteiger partial charge is 0.100 e. The van der Waals surface area contributed by atoms with Crippen molar-refractivity contribution in [3.8, 4) is 0 Å². The molecule has 0 rings (SSSR count). The molecule has 0 radical (unpaired) electrons. The maximum absolute atomic E-state index is 12.8. The van der Waals surface area contributed by atoms with Gasteiger partial charge in [-0.3, -0.25) is 0 Å². The van der Waals surface area contributed by atoms with Crippen LogP contribution in [-0.4, -0.2) is 6.17 Å². The monoisotopic (exact) mass is 146 g/mol. The summed E-state index contributed by atoms with van der Waals surface area (Å²) in [6, 6.07) is 0. The predicted molar refractivity (Wildman–Crippen MR) is 43.9 cm³/mol. The molecule has 0 bridgehead atoms. The zero-order valence-electron chi connectivity index (χ0n) is 7.36. The van der Waals surface area contributed by atoms with E-state index < -0.39 is 6.17 Å². The molecule has 0 N–H and O–H groups in total. The zero-order chi connectivity index (χ0) is 7.98. The summed E-state index contributed by atoms with van der Waals surface area (Å²) in [7, 11) is 0. The van der Waals surface area contributed by atoms with Gasteiger partial charge in [0.1, 0.15) is 6.17 Å². The fourth-order valence-corrected chi connectivity index (χ4v) is 0.972. The Morgan fingerprint density at radius 1 is 1.10 bits per heavy atom. The molecule has 0 aliphatic heterocycles. The minimum Gasteiger partial charge on any atom is -0.247 e. The van der Waals surface area contributed by atoms with Gasteiger partial charge in [0.25, 0.3) is 0 Å². The summed E-state index contributed by atoms with van der Waals surface area (Å²) in [6.45, 7) is 6.30. The molecule has 0 aromatic heterocycles. The minimum atomic E-state index is -0.549. The van der Waals surface area contributed by atoms with E-state index in [0.717, 1.165) is 25.7 Å². The molecule has 0 aliphatic rings. The van der Waals surface area contributed by atoms with Crippen LogP contribution >= 0.6 is 0 Å². The number of rotatable bonds is 5. The Labute approximate surface area is 63.8 Å². The largest absolute Gasteiger partial charge is 0.247 e. The first-order valence-electron chi connectivity index (χ1n) is 4.30. The molecule has 0 fully saturated rings. The van der Waals surface area contributed by atoms with E-state index in [1.807, 2.05) is 6.92 Å². The van der Waals surface area contributed by atoms with Crippen molar-refractivity contribution in [2.24, 2.45) is 5.92 Å². The van der Waals surface area contributed by atoms with Crippen molar-refractivity contribution >= 4 is 0 Å². The molecule has 0 saturated carbocycles. The van der Waals surface area contributed by atoms with Crippen LogP contribution in [0.1, 0.15) is 46.5 Å². The molecule has 0 nitrogen and oxygen atoms in total. The topological polar surface area (TPSA) is 0 Å². The molecule has 1 unspecified atom stereocenters. The van der Waals surface area contributed by atoms with Crippen molar-refractivity contribution in [1.82, 2.24) is 0 Å². The van der Waals surface area contributed by atoms with Gasteiger partial charge in [0, 0.05) is 0 Å². The Morgan fingerprint density at radius 2 is 1.70 bits per heavy atom. The van der Waals surface area contributed by atoms with Crippen molar-refractivity contribution < 1.29 is 4.39 Å². The Bertz CT molecular complexity index is 69.1. The highest BCUT2D eigenvalue weighted by atomic mass is 19.1. The third-order valence-electron chi connectivity index (χ3n) is 1.66. The standard InChI is InChI=1S/C9H19F/c1-4-5-9(10)7-6-8(2)3/h8-9H,4-7H2,1-3H3. The molecular formula is C9H19F. The highest BCUT2D eigenvalue weighted by Crippen LogP contribution is 2.12. The van der Waals surface area contributed by atoms with Crippen LogP contribution in [0.3, 0.4) is 0 Å². The van der Waals surface area contributed by atoms with Crippen LogP contribution in [0.25, 0.3) is 0 Å². The van der Waals surface area contributed by atoms with Crippen molar-refractivity contribution in [2.75, 3.05) is 0 Å². The van der Waals surface area contributed by atoms with Crippen LogP contribution < -0.4 is 0 Å². The van der Waals surface area contributed by atoms with Crippen LogP contribution in [0.15, 0.2) is 0 Å². The molecule has 0 saturated heterocycles. The van der Waals surface area contributed by atoms with Gasteiger partial charge in [-0.15, -0.1) is 0 Å². The fraction of sp³-hybridized carbons (Fsp3) is 1.00. The Morgan fingerprint density at radius 3 is 2.10 bits per heavy atom. The lowest BCUT2D eigenvalue weighted by molar-refractivity contribution is 0.276. The summed E-state index contributed by atoms with van der Waals surface area (Å²) in [5.41, 5.74) is 0. The highest BCUT2D eigenvalue weighted by molar-refractivity contribution is 4.56. The van der Waals surface area contributed by atoms with Crippen LogP contribution in [0.4, 0.5) is 4.39 Å². The minimum absolute atomic E-state index is 0.549. The SMILES string of the molecule is CCCC(F)CCC(C)C. The Balaban J connectivity index is 3.12. The van der Waals surface area contributed by atoms with E-state index in [2.05, 4.69) is 13.8 Å². The third-order valence-corrected chi connectivity index (χ3v) is 1.66. The second kappa shape index (κ2) is 5.70. The van der Waals surface area contributed by atoms with E-state index in [1.165, 1.54) is 0 Å². The van der Waals surface area contributed by atoms with Gasteiger partial charge in [-0.1, -0.05) is 27.2 Å². The second-order valence-electron chi connectivity index (χ2n) is 3.36. The van der Waals surface area contributed by atoms with Crippen LogP contribution in [-0.2, 0) is 0 Å². The first-order valence-corrected chi connectivity index (χ1v) is 4.30. The molecule has 0 heterocycles. The van der Waals surface area contributed by atoms with E-state index in [4.69, 9.17) is 0 Å². The second-order valence-corrected chi connectivity index (χ2v) is 3.36. The molecule has 0 spiro atoms. The summed E-state index contributed by atoms with van der Waals surface area (Å²) >= 11 is 0. The lowest BCUT2D eigenvalue weighted by Crippen LogP contribution is -2.01. The average Bonchev–Trinajstić information content (AvgIpc) is 1.85. The van der Waals surface area contributed by atoms with Crippen molar-refractivity contribution in [2.45, 2.75) is 52.6 Å². The Kier molecular flexibility index (Phi) is 5.66. The van der Waals surface area contributed by atoms with Gasteiger partial charge >= 0.3 is 0 Å². The zero-order valence-corrected chi connectivity index (χ0v) is 7.36. The van der Waals surface area contributed by atoms with Crippen molar-refractivity contribution in [3.63, 3.8) is 0 Å². The first kappa shape index (κ1) is 9.93. The maximum Gasteiger partial charge on any atom is 0.100 e. The molecule has 0 amide bonds. The van der Waals surface area contributed by atoms with E-state index in [1.54, 1.807) is 0 Å². The number of hydrogen-bond acceptors (Lipinski definition) is 0. The molecule has 0 aromatic carbocycles. The first-order chi connectivity index (χ1) is 4.66. The van der Waals surface area contributed by atoms with E-state index in [-0.39, 0.29) is 0 Å². The lowest BCUT2D eigenvalue weighted by Gasteiger charge is -2.07. The summed E-state index contributed by atoms with van der Waals surface area (Å²) in [5.74, 6) is 0.648. The van der Waals surface area contributed by atoms with Gasteiger partial charge in [-0.05, 0) is 25.2 Å². The number of alkyl halides is 1. The van der Waals surface area contributed by atoms with E-state index in [9.17, 15) is 4.39 Å². The van der Waals surface area contributed by atoms with E-state index in [0.29, 0.717) is 5.92 Å². The van der Waals surface area contributed by atoms with Crippen molar-refractivity contribution in [1.29, 1.82) is 0 Å². The van der Waals surface area contributed by atoms with Crippen LogP contribution in [0.5, 0.6) is 0 Å². The van der Waals surface area contributed by atoms with Gasteiger partial charge in [-0.25, -0.2) is 4.39 Å².